The second kappa shape index (κ2) is 6.26. The van der Waals surface area contributed by atoms with E-state index in [2.05, 4.69) is 0 Å². The van der Waals surface area contributed by atoms with Crippen LogP contribution in [0, 0.1) is 0 Å². The molecular formula is C15H14O2S. The van der Waals surface area contributed by atoms with Gasteiger partial charge >= 0.3 is 5.97 Å². The third-order valence-corrected chi connectivity index (χ3v) is 3.26. The topological polar surface area (TPSA) is 26.3 Å². The highest BCUT2D eigenvalue weighted by Crippen LogP contribution is 2.26. The molecule has 0 atom stereocenters. The number of hydrogen-bond acceptors (Lipinski definition) is 3. The molecule has 18 heavy (non-hydrogen) atoms. The summed E-state index contributed by atoms with van der Waals surface area (Å²) in [6.45, 7) is 0. The Bertz CT molecular complexity index is 600. The van der Waals surface area contributed by atoms with E-state index in [0.29, 0.717) is 16.0 Å². The van der Waals surface area contributed by atoms with Crippen molar-refractivity contribution in [3.63, 3.8) is 0 Å². The van der Waals surface area contributed by atoms with Gasteiger partial charge < -0.3 is 4.74 Å². The minimum absolute atomic E-state index is 0.375. The summed E-state index contributed by atoms with van der Waals surface area (Å²) in [7, 11) is 1.32. The zero-order valence-corrected chi connectivity index (χ0v) is 10.7. The Labute approximate surface area is 114 Å². The molecule has 0 aliphatic rings. The molecular weight excluding hydrogens is 244 g/mol. The van der Waals surface area contributed by atoms with Crippen molar-refractivity contribution in [3.8, 4) is 0 Å². The van der Waals surface area contributed by atoms with Gasteiger partial charge in [-0.1, -0.05) is 42.5 Å². The van der Waals surface area contributed by atoms with Crippen LogP contribution in [0.5, 0.6) is 0 Å². The van der Waals surface area contributed by atoms with E-state index < -0.39 is 11.7 Å². The number of carbonyl (C=O) groups excluding carboxylic acids is 1. The Morgan fingerprint density at radius 2 is 1.83 bits per heavy atom. The van der Waals surface area contributed by atoms with Gasteiger partial charge in [0.05, 0.1) is 12.7 Å². The van der Waals surface area contributed by atoms with Crippen LogP contribution in [0.2, 0.25) is 0 Å². The van der Waals surface area contributed by atoms with Crippen LogP contribution in [-0.2, 0) is 10.4 Å². The third-order valence-electron chi connectivity index (χ3n) is 2.34. The number of ether oxygens (including phenoxy) is 1. The molecule has 3 heteroatoms. The molecule has 92 valence electrons. The smallest absolute Gasteiger partial charge is 0.338 e. The predicted octanol–water partition coefficient (Wildman–Crippen LogP) is 3.77. The van der Waals surface area contributed by atoms with Crippen molar-refractivity contribution in [1.82, 2.24) is 0 Å². The quantitative estimate of drug-likeness (QED) is 0.618. The highest BCUT2D eigenvalue weighted by Gasteiger charge is 2.10. The maximum Gasteiger partial charge on any atom is 0.338 e. The fourth-order valence-electron chi connectivity index (χ4n) is 1.45. The van der Waals surface area contributed by atoms with Crippen molar-refractivity contribution >= 4 is 17.7 Å². The van der Waals surface area contributed by atoms with Crippen molar-refractivity contribution in [3.05, 3.63) is 65.7 Å². The summed E-state index contributed by atoms with van der Waals surface area (Å²) < 4.78 is 21.1. The summed E-state index contributed by atoms with van der Waals surface area (Å²) >= 11 is 1.00. The van der Waals surface area contributed by atoms with E-state index in [1.165, 1.54) is 7.11 Å². The van der Waals surface area contributed by atoms with Crippen LogP contribution >= 0.6 is 11.8 Å². The second-order valence-electron chi connectivity index (χ2n) is 3.56. The van der Waals surface area contributed by atoms with E-state index >= 15 is 0 Å². The standard InChI is InChI=1S/C15H14O2S/c1-17-15(16)13-9-5-6-10-14(13)18-11-12-7-3-2-4-8-12/h2-10H,11H2,1H3/i11D2. The number of carbonyl (C=O) groups is 1. The SMILES string of the molecule is [2H]C([2H])(Sc1ccccc1C(=O)OC)c1ccccc1. The van der Waals surface area contributed by atoms with Crippen LogP contribution in [0.15, 0.2) is 59.5 Å². The zero-order valence-electron chi connectivity index (χ0n) is 11.9. The van der Waals surface area contributed by atoms with Crippen molar-refractivity contribution in [2.24, 2.45) is 0 Å². The second-order valence-corrected chi connectivity index (χ2v) is 4.41. The summed E-state index contributed by atoms with van der Waals surface area (Å²) in [5.41, 5.74) is -0.685. The Hall–Kier alpha value is -1.74. The summed E-state index contributed by atoms with van der Waals surface area (Å²) in [5.74, 6) is -0.461. The number of rotatable bonds is 4. The molecule has 2 nitrogen and oxygen atoms in total. The minimum Gasteiger partial charge on any atom is -0.465 e. The highest BCUT2D eigenvalue weighted by atomic mass is 32.2. The largest absolute Gasteiger partial charge is 0.465 e. The molecule has 0 heterocycles. The third kappa shape index (κ3) is 3.14. The normalized spacial score (nSPS) is 12.5. The van der Waals surface area contributed by atoms with Gasteiger partial charge in [-0.3, -0.25) is 0 Å². The lowest BCUT2D eigenvalue weighted by Crippen LogP contribution is -2.02. The Morgan fingerprint density at radius 3 is 2.56 bits per heavy atom. The molecule has 2 aromatic rings. The van der Waals surface area contributed by atoms with Gasteiger partial charge in [-0.15, -0.1) is 11.8 Å². The van der Waals surface area contributed by atoms with Crippen LogP contribution in [0.3, 0.4) is 0 Å². The van der Waals surface area contributed by atoms with Gasteiger partial charge in [0.25, 0.3) is 0 Å². The lowest BCUT2D eigenvalue weighted by molar-refractivity contribution is 0.0597. The average Bonchev–Trinajstić information content (AvgIpc) is 2.47. The fourth-order valence-corrected chi connectivity index (χ4v) is 2.23. The molecule has 0 aliphatic carbocycles. The van der Waals surface area contributed by atoms with Gasteiger partial charge in [-0.25, -0.2) is 4.79 Å². The Balaban J connectivity index is 2.32. The van der Waals surface area contributed by atoms with E-state index in [1.54, 1.807) is 48.5 Å². The lowest BCUT2D eigenvalue weighted by atomic mass is 10.2. The van der Waals surface area contributed by atoms with Gasteiger partial charge in [0.2, 0.25) is 0 Å². The zero-order chi connectivity index (χ0) is 14.6. The molecule has 0 N–H and O–H groups in total. The molecule has 0 fully saturated rings. The molecule has 0 aromatic heterocycles. The van der Waals surface area contributed by atoms with Gasteiger partial charge in [0.15, 0.2) is 0 Å². The van der Waals surface area contributed by atoms with Crippen LogP contribution in [0.25, 0.3) is 0 Å². The van der Waals surface area contributed by atoms with Crippen molar-refractivity contribution in [2.45, 2.75) is 10.6 Å². The van der Waals surface area contributed by atoms with E-state index in [1.807, 2.05) is 6.07 Å². The first-order valence-corrected chi connectivity index (χ1v) is 6.28. The number of benzene rings is 2. The highest BCUT2D eigenvalue weighted by molar-refractivity contribution is 7.98. The van der Waals surface area contributed by atoms with Crippen molar-refractivity contribution in [1.29, 1.82) is 0 Å². The van der Waals surface area contributed by atoms with Crippen LogP contribution in [-0.4, -0.2) is 13.1 Å². The number of methoxy groups -OCH3 is 1. The van der Waals surface area contributed by atoms with Crippen LogP contribution in [0.4, 0.5) is 0 Å². The van der Waals surface area contributed by atoms with Gasteiger partial charge in [-0.05, 0) is 17.7 Å². The molecule has 0 bridgehead atoms. The first-order valence-electron chi connectivity index (χ1n) is 6.46. The maximum atomic E-state index is 11.7. The molecule has 0 saturated heterocycles. The number of esters is 1. The predicted molar refractivity (Wildman–Crippen MR) is 73.8 cm³/mol. The molecule has 2 aromatic carbocycles. The van der Waals surface area contributed by atoms with Gasteiger partial charge in [0, 0.05) is 13.3 Å². The van der Waals surface area contributed by atoms with E-state index in [4.69, 9.17) is 7.48 Å². The van der Waals surface area contributed by atoms with Crippen molar-refractivity contribution in [2.75, 3.05) is 7.11 Å². The van der Waals surface area contributed by atoms with E-state index in [-0.39, 0.29) is 0 Å². The van der Waals surface area contributed by atoms with E-state index in [9.17, 15) is 4.79 Å². The first kappa shape index (κ1) is 10.2. The average molecular weight is 260 g/mol. The Kier molecular flexibility index (Phi) is 3.55. The maximum absolute atomic E-state index is 11.7. The van der Waals surface area contributed by atoms with Gasteiger partial charge in [0.1, 0.15) is 0 Å². The molecule has 2 rings (SSSR count). The fraction of sp³-hybridized carbons (Fsp3) is 0.133. The van der Waals surface area contributed by atoms with Crippen LogP contribution < -0.4 is 0 Å². The molecule has 0 amide bonds. The van der Waals surface area contributed by atoms with Crippen LogP contribution in [0.1, 0.15) is 18.7 Å². The monoisotopic (exact) mass is 260 g/mol. The van der Waals surface area contributed by atoms with E-state index in [0.717, 1.165) is 11.8 Å². The molecule has 0 spiro atoms. The Morgan fingerprint density at radius 1 is 1.17 bits per heavy atom. The molecule has 0 aliphatic heterocycles. The lowest BCUT2D eigenvalue weighted by Gasteiger charge is -2.07. The summed E-state index contributed by atoms with van der Waals surface area (Å²) in [6.07, 6.45) is 0. The summed E-state index contributed by atoms with van der Waals surface area (Å²) in [5, 5.41) is 0. The molecule has 0 unspecified atom stereocenters. The summed E-state index contributed by atoms with van der Waals surface area (Å²) in [4.78, 5) is 12.3. The number of thioether (sulfide) groups is 1. The minimum atomic E-state index is -1.62. The summed E-state index contributed by atoms with van der Waals surface area (Å²) in [6, 6.07) is 15.7. The van der Waals surface area contributed by atoms with Gasteiger partial charge in [-0.2, -0.15) is 0 Å². The molecule has 0 radical (unpaired) electrons. The first-order chi connectivity index (χ1) is 9.54. The molecule has 0 saturated carbocycles. The van der Waals surface area contributed by atoms with Crippen molar-refractivity contribution < 1.29 is 12.3 Å². The number of hydrogen-bond donors (Lipinski definition) is 0.